The maximum atomic E-state index is 13.8. The van der Waals surface area contributed by atoms with Crippen molar-refractivity contribution in [3.05, 3.63) is 34.6 Å². The molecule has 1 aromatic rings. The number of carbonyl (C=O) groups is 2. The molecule has 29 heavy (non-hydrogen) atoms. The van der Waals surface area contributed by atoms with E-state index >= 15 is 0 Å². The summed E-state index contributed by atoms with van der Waals surface area (Å²) >= 11 is 5.71. The van der Waals surface area contributed by atoms with Crippen LogP contribution in [-0.2, 0) is 19.1 Å². The summed E-state index contributed by atoms with van der Waals surface area (Å²) in [5.41, 5.74) is -1.41. The van der Waals surface area contributed by atoms with Gasteiger partial charge < -0.3 is 19.9 Å². The van der Waals surface area contributed by atoms with E-state index in [0.717, 1.165) is 6.07 Å². The summed E-state index contributed by atoms with van der Waals surface area (Å²) in [5, 5.41) is 12.7. The highest BCUT2D eigenvalue weighted by Gasteiger charge is 2.45. The number of carboxylic acid groups (broad SMARTS) is 1. The third kappa shape index (κ3) is 6.14. The monoisotopic (exact) mass is 429 g/mol. The number of methoxy groups -OCH3 is 1. The second kappa shape index (κ2) is 9.41. The molecule has 1 aliphatic carbocycles. The molecule has 0 bridgehead atoms. The van der Waals surface area contributed by atoms with Crippen molar-refractivity contribution in [3.8, 4) is 0 Å². The van der Waals surface area contributed by atoms with Crippen molar-refractivity contribution in [2.24, 2.45) is 0 Å². The van der Waals surface area contributed by atoms with Crippen LogP contribution in [0.5, 0.6) is 0 Å². The van der Waals surface area contributed by atoms with E-state index in [4.69, 9.17) is 21.1 Å². The number of esters is 1. The van der Waals surface area contributed by atoms with Gasteiger partial charge in [-0.3, -0.25) is 9.59 Å². The van der Waals surface area contributed by atoms with Gasteiger partial charge in [0.15, 0.2) is 0 Å². The topological polar surface area (TPSA) is 84.9 Å². The molecule has 1 atom stereocenters. The molecule has 0 unspecified atom stereocenters. The molecule has 1 aromatic carbocycles. The SMILES string of the molecule is COC1CCC(NC[C@@H](C(=O)O)c2ccc(Cl)c(F)c2)(C(=O)OC(C)(C)C)CC1. The van der Waals surface area contributed by atoms with Gasteiger partial charge in [0, 0.05) is 13.7 Å². The van der Waals surface area contributed by atoms with Crippen LogP contribution in [0.4, 0.5) is 4.39 Å². The fourth-order valence-corrected chi connectivity index (χ4v) is 3.64. The van der Waals surface area contributed by atoms with E-state index in [1.54, 1.807) is 27.9 Å². The molecule has 2 rings (SSSR count). The molecular formula is C21H29ClFNO5. The normalized spacial score (nSPS) is 23.4. The predicted molar refractivity (Wildman–Crippen MR) is 108 cm³/mol. The zero-order chi connectivity index (χ0) is 21.8. The minimum Gasteiger partial charge on any atom is -0.481 e. The highest BCUT2D eigenvalue weighted by atomic mass is 35.5. The van der Waals surface area contributed by atoms with Gasteiger partial charge in [-0.15, -0.1) is 0 Å². The van der Waals surface area contributed by atoms with Gasteiger partial charge in [-0.1, -0.05) is 17.7 Å². The molecule has 8 heteroatoms. The first-order valence-corrected chi connectivity index (χ1v) is 10.0. The summed E-state index contributed by atoms with van der Waals surface area (Å²) < 4.78 is 24.8. The summed E-state index contributed by atoms with van der Waals surface area (Å²) in [6.45, 7) is 5.31. The molecule has 0 heterocycles. The average molecular weight is 430 g/mol. The van der Waals surface area contributed by atoms with E-state index in [-0.39, 0.29) is 23.2 Å². The zero-order valence-corrected chi connectivity index (χ0v) is 18.0. The fourth-order valence-electron chi connectivity index (χ4n) is 3.52. The molecule has 1 saturated carbocycles. The molecule has 162 valence electrons. The van der Waals surface area contributed by atoms with Crippen LogP contribution in [0.2, 0.25) is 5.02 Å². The quantitative estimate of drug-likeness (QED) is 0.639. The lowest BCUT2D eigenvalue weighted by Gasteiger charge is -2.40. The summed E-state index contributed by atoms with van der Waals surface area (Å²) in [6.07, 6.45) is 2.27. The highest BCUT2D eigenvalue weighted by molar-refractivity contribution is 6.30. The number of hydrogen-bond donors (Lipinski definition) is 2. The van der Waals surface area contributed by atoms with Crippen molar-refractivity contribution >= 4 is 23.5 Å². The smallest absolute Gasteiger partial charge is 0.326 e. The number of benzene rings is 1. The molecule has 0 spiro atoms. The van der Waals surface area contributed by atoms with Crippen molar-refractivity contribution < 1.29 is 28.6 Å². The molecule has 0 radical (unpaired) electrons. The Bertz CT molecular complexity index is 741. The lowest BCUT2D eigenvalue weighted by Crippen LogP contribution is -2.58. The third-order valence-electron chi connectivity index (χ3n) is 5.20. The number of hydrogen-bond acceptors (Lipinski definition) is 5. The number of carboxylic acids is 1. The fraction of sp³-hybridized carbons (Fsp3) is 0.619. The first kappa shape index (κ1) is 23.6. The van der Waals surface area contributed by atoms with Crippen LogP contribution < -0.4 is 5.32 Å². The molecule has 2 N–H and O–H groups in total. The van der Waals surface area contributed by atoms with E-state index in [0.29, 0.717) is 25.7 Å². The lowest BCUT2D eigenvalue weighted by molar-refractivity contribution is -0.166. The predicted octanol–water partition coefficient (Wildman–Crippen LogP) is 3.91. The number of nitrogens with one attached hydrogen (secondary N) is 1. The van der Waals surface area contributed by atoms with Crippen molar-refractivity contribution in [3.63, 3.8) is 0 Å². The van der Waals surface area contributed by atoms with E-state index in [9.17, 15) is 19.1 Å². The van der Waals surface area contributed by atoms with E-state index in [2.05, 4.69) is 5.32 Å². The van der Waals surface area contributed by atoms with Crippen molar-refractivity contribution in [1.82, 2.24) is 5.32 Å². The van der Waals surface area contributed by atoms with Crippen LogP contribution in [0.1, 0.15) is 57.9 Å². The number of halogens is 2. The maximum absolute atomic E-state index is 13.8. The third-order valence-corrected chi connectivity index (χ3v) is 5.50. The molecule has 0 saturated heterocycles. The lowest BCUT2D eigenvalue weighted by atomic mass is 9.79. The minimum atomic E-state index is -1.12. The van der Waals surface area contributed by atoms with Crippen molar-refractivity contribution in [2.45, 2.75) is 69.6 Å². The standard InChI is InChI=1S/C21H29ClFNO5/c1-20(2,3)29-19(27)21(9-7-14(28-4)8-10-21)24-12-15(18(25)26)13-5-6-16(22)17(23)11-13/h5-6,11,14-15,24H,7-10,12H2,1-4H3,(H,25,26)/t14?,15-,21?/m1/s1. The first-order valence-electron chi connectivity index (χ1n) is 9.66. The molecule has 0 aromatic heterocycles. The number of aliphatic carboxylic acids is 1. The Labute approximate surface area is 175 Å². The van der Waals surface area contributed by atoms with E-state index < -0.39 is 34.8 Å². The summed E-state index contributed by atoms with van der Waals surface area (Å²) in [4.78, 5) is 24.8. The Morgan fingerprint density at radius 2 is 1.97 bits per heavy atom. The number of ether oxygens (including phenoxy) is 2. The minimum absolute atomic E-state index is 0.0483. The molecule has 0 aliphatic heterocycles. The van der Waals surface area contributed by atoms with Crippen molar-refractivity contribution in [1.29, 1.82) is 0 Å². The maximum Gasteiger partial charge on any atom is 0.326 e. The Kier molecular flexibility index (Phi) is 7.65. The molecule has 1 fully saturated rings. The second-order valence-corrected chi connectivity index (χ2v) is 8.87. The van der Waals surface area contributed by atoms with Crippen LogP contribution >= 0.6 is 11.6 Å². The van der Waals surface area contributed by atoms with Crippen LogP contribution in [0, 0.1) is 5.82 Å². The molecular weight excluding hydrogens is 401 g/mol. The Morgan fingerprint density at radius 3 is 2.45 bits per heavy atom. The Balaban J connectivity index is 2.23. The van der Waals surface area contributed by atoms with Gasteiger partial charge in [-0.2, -0.15) is 0 Å². The van der Waals surface area contributed by atoms with Crippen LogP contribution in [0.25, 0.3) is 0 Å². The van der Waals surface area contributed by atoms with Crippen LogP contribution in [0.15, 0.2) is 18.2 Å². The second-order valence-electron chi connectivity index (χ2n) is 8.46. The largest absolute Gasteiger partial charge is 0.481 e. The summed E-state index contributed by atoms with van der Waals surface area (Å²) in [6, 6.07) is 3.92. The molecule has 1 aliphatic rings. The van der Waals surface area contributed by atoms with Gasteiger partial charge in [0.1, 0.15) is 17.0 Å². The zero-order valence-electron chi connectivity index (χ0n) is 17.3. The Morgan fingerprint density at radius 1 is 1.34 bits per heavy atom. The first-order chi connectivity index (χ1) is 13.5. The Hall–Kier alpha value is -1.70. The van der Waals surface area contributed by atoms with Gasteiger partial charge >= 0.3 is 11.9 Å². The highest BCUT2D eigenvalue weighted by Crippen LogP contribution is 2.33. The number of rotatable bonds is 7. The van der Waals surface area contributed by atoms with Crippen LogP contribution in [-0.4, -0.2) is 47.9 Å². The average Bonchev–Trinajstić information content (AvgIpc) is 2.63. The van der Waals surface area contributed by atoms with Gasteiger partial charge in [-0.25, -0.2) is 4.39 Å². The summed E-state index contributed by atoms with van der Waals surface area (Å²) in [5.74, 6) is -3.26. The summed E-state index contributed by atoms with van der Waals surface area (Å²) in [7, 11) is 1.63. The van der Waals surface area contributed by atoms with Gasteiger partial charge in [0.2, 0.25) is 0 Å². The molecule has 0 amide bonds. The van der Waals surface area contributed by atoms with Crippen molar-refractivity contribution in [2.75, 3.05) is 13.7 Å². The van der Waals surface area contributed by atoms with Gasteiger partial charge in [0.05, 0.1) is 17.0 Å². The van der Waals surface area contributed by atoms with Gasteiger partial charge in [0.25, 0.3) is 0 Å². The van der Waals surface area contributed by atoms with E-state index in [1.165, 1.54) is 12.1 Å². The molecule has 6 nitrogen and oxygen atoms in total. The number of carbonyl (C=O) groups excluding carboxylic acids is 1. The van der Waals surface area contributed by atoms with Gasteiger partial charge in [-0.05, 0) is 64.2 Å². The van der Waals surface area contributed by atoms with E-state index in [1.807, 2.05) is 0 Å². The van der Waals surface area contributed by atoms with Crippen LogP contribution in [0.3, 0.4) is 0 Å².